The molecule has 0 fully saturated rings. The molecule has 0 saturated heterocycles. The number of hydrogen-bond acceptors (Lipinski definition) is 4. The van der Waals surface area contributed by atoms with Crippen LogP contribution in [-0.4, -0.2) is 43.5 Å². The zero-order valence-electron chi connectivity index (χ0n) is 15.2. The van der Waals surface area contributed by atoms with Gasteiger partial charge in [0.1, 0.15) is 0 Å². The van der Waals surface area contributed by atoms with Crippen LogP contribution in [0.25, 0.3) is 0 Å². The highest BCUT2D eigenvalue weighted by Crippen LogP contribution is 2.30. The lowest BCUT2D eigenvalue weighted by atomic mass is 10.1. The summed E-state index contributed by atoms with van der Waals surface area (Å²) in [5, 5.41) is 3.19. The SMILES string of the molecule is CCOc1cc(C(=O)N(C)CC(=O)Nc2ccc(Cl)cc2)ccc1OC(F)F. The Kier molecular flexibility index (Phi) is 7.57. The Hall–Kier alpha value is -2.87. The highest BCUT2D eigenvalue weighted by atomic mass is 35.5. The van der Waals surface area contributed by atoms with Crippen molar-refractivity contribution in [2.45, 2.75) is 13.5 Å². The number of amides is 2. The lowest BCUT2D eigenvalue weighted by Gasteiger charge is -2.18. The average Bonchev–Trinajstić information content (AvgIpc) is 2.64. The molecule has 6 nitrogen and oxygen atoms in total. The molecule has 28 heavy (non-hydrogen) atoms. The van der Waals surface area contributed by atoms with Gasteiger partial charge in [-0.25, -0.2) is 0 Å². The first-order valence-corrected chi connectivity index (χ1v) is 8.70. The van der Waals surface area contributed by atoms with Gasteiger partial charge < -0.3 is 19.7 Å². The van der Waals surface area contributed by atoms with Gasteiger partial charge in [0.2, 0.25) is 5.91 Å². The standard InChI is InChI=1S/C19H19ClF2N2O4/c1-3-27-16-10-12(4-9-15(16)28-19(21)22)18(26)24(2)11-17(25)23-14-7-5-13(20)6-8-14/h4-10,19H,3,11H2,1-2H3,(H,23,25). The summed E-state index contributed by atoms with van der Waals surface area (Å²) >= 11 is 5.79. The van der Waals surface area contributed by atoms with Crippen LogP contribution in [-0.2, 0) is 4.79 Å². The molecule has 0 bridgehead atoms. The van der Waals surface area contributed by atoms with Crippen molar-refractivity contribution in [2.24, 2.45) is 0 Å². The minimum Gasteiger partial charge on any atom is -0.490 e. The van der Waals surface area contributed by atoms with Gasteiger partial charge in [0.15, 0.2) is 11.5 Å². The monoisotopic (exact) mass is 412 g/mol. The number of alkyl halides is 2. The number of benzene rings is 2. The van der Waals surface area contributed by atoms with Crippen LogP contribution >= 0.6 is 11.6 Å². The minimum atomic E-state index is -3.01. The first kappa shape index (κ1) is 21.4. The van der Waals surface area contributed by atoms with Crippen LogP contribution in [0.1, 0.15) is 17.3 Å². The van der Waals surface area contributed by atoms with E-state index in [0.29, 0.717) is 10.7 Å². The summed E-state index contributed by atoms with van der Waals surface area (Å²) in [4.78, 5) is 25.9. The number of anilines is 1. The molecule has 2 amide bonds. The molecular formula is C19H19ClF2N2O4. The predicted molar refractivity (Wildman–Crippen MR) is 101 cm³/mol. The molecule has 2 aromatic rings. The molecule has 9 heteroatoms. The van der Waals surface area contributed by atoms with E-state index in [0.717, 1.165) is 0 Å². The Labute approximate surface area is 166 Å². The number of halogens is 3. The fourth-order valence-electron chi connectivity index (χ4n) is 2.34. The second-order valence-corrected chi connectivity index (χ2v) is 6.13. The quantitative estimate of drug-likeness (QED) is 0.710. The van der Waals surface area contributed by atoms with Crippen molar-refractivity contribution in [1.29, 1.82) is 0 Å². The molecule has 2 rings (SSSR count). The molecular weight excluding hydrogens is 394 g/mol. The highest BCUT2D eigenvalue weighted by molar-refractivity contribution is 6.30. The Bertz CT molecular complexity index is 831. The number of rotatable bonds is 8. The fourth-order valence-corrected chi connectivity index (χ4v) is 2.47. The van der Waals surface area contributed by atoms with Crippen LogP contribution in [0.3, 0.4) is 0 Å². The van der Waals surface area contributed by atoms with Gasteiger partial charge in [-0.2, -0.15) is 8.78 Å². The predicted octanol–water partition coefficient (Wildman–Crippen LogP) is 4.05. The number of ether oxygens (including phenoxy) is 2. The topological polar surface area (TPSA) is 67.9 Å². The number of carbonyl (C=O) groups excluding carboxylic acids is 2. The normalized spacial score (nSPS) is 10.5. The van der Waals surface area contributed by atoms with E-state index in [2.05, 4.69) is 10.1 Å². The molecule has 0 radical (unpaired) electrons. The number of nitrogens with zero attached hydrogens (tertiary/aromatic N) is 1. The molecule has 0 aromatic heterocycles. The van der Waals surface area contributed by atoms with Crippen LogP contribution in [0.4, 0.5) is 14.5 Å². The summed E-state index contributed by atoms with van der Waals surface area (Å²) in [6, 6.07) is 10.4. The second-order valence-electron chi connectivity index (χ2n) is 5.69. The fraction of sp³-hybridized carbons (Fsp3) is 0.263. The highest BCUT2D eigenvalue weighted by Gasteiger charge is 2.19. The first-order chi connectivity index (χ1) is 13.3. The van der Waals surface area contributed by atoms with E-state index in [1.54, 1.807) is 31.2 Å². The summed E-state index contributed by atoms with van der Waals surface area (Å²) in [6.07, 6.45) is 0. The molecule has 0 atom stereocenters. The van der Waals surface area contributed by atoms with Crippen LogP contribution < -0.4 is 14.8 Å². The molecule has 0 saturated carbocycles. The molecule has 0 aliphatic carbocycles. The van der Waals surface area contributed by atoms with Gasteiger partial charge in [0.25, 0.3) is 5.91 Å². The maximum absolute atomic E-state index is 12.6. The molecule has 0 aliphatic heterocycles. The molecule has 0 spiro atoms. The van der Waals surface area contributed by atoms with E-state index in [-0.39, 0.29) is 30.2 Å². The number of carbonyl (C=O) groups is 2. The van der Waals surface area contributed by atoms with E-state index in [1.165, 1.54) is 30.1 Å². The van der Waals surface area contributed by atoms with Crippen molar-refractivity contribution in [3.8, 4) is 11.5 Å². The molecule has 150 valence electrons. The smallest absolute Gasteiger partial charge is 0.387 e. The van der Waals surface area contributed by atoms with Crippen molar-refractivity contribution in [2.75, 3.05) is 25.5 Å². The van der Waals surface area contributed by atoms with E-state index in [1.807, 2.05) is 0 Å². The second kappa shape index (κ2) is 9.89. The lowest BCUT2D eigenvalue weighted by Crippen LogP contribution is -2.34. The molecule has 0 aliphatic rings. The van der Waals surface area contributed by atoms with Crippen molar-refractivity contribution in [1.82, 2.24) is 4.90 Å². The van der Waals surface area contributed by atoms with Gasteiger partial charge in [-0.1, -0.05) is 11.6 Å². The van der Waals surface area contributed by atoms with Gasteiger partial charge in [-0.15, -0.1) is 0 Å². The molecule has 1 N–H and O–H groups in total. The summed E-state index contributed by atoms with van der Waals surface area (Å²) in [5.41, 5.74) is 0.717. The Balaban J connectivity index is 2.05. The summed E-state index contributed by atoms with van der Waals surface area (Å²) in [5.74, 6) is -1.03. The number of nitrogens with one attached hydrogen (secondary N) is 1. The Morgan fingerprint density at radius 2 is 1.82 bits per heavy atom. The van der Waals surface area contributed by atoms with Crippen LogP contribution in [0, 0.1) is 0 Å². The first-order valence-electron chi connectivity index (χ1n) is 8.32. The van der Waals surface area contributed by atoms with Gasteiger partial charge in [-0.3, -0.25) is 9.59 Å². The lowest BCUT2D eigenvalue weighted by molar-refractivity contribution is -0.116. The third-order valence-corrected chi connectivity index (χ3v) is 3.81. The van der Waals surface area contributed by atoms with E-state index >= 15 is 0 Å². The van der Waals surface area contributed by atoms with Crippen molar-refractivity contribution < 1.29 is 27.8 Å². The van der Waals surface area contributed by atoms with Crippen LogP contribution in [0.15, 0.2) is 42.5 Å². The minimum absolute atomic E-state index is 0.0210. The van der Waals surface area contributed by atoms with Gasteiger partial charge in [0, 0.05) is 23.3 Å². The largest absolute Gasteiger partial charge is 0.490 e. The van der Waals surface area contributed by atoms with E-state index < -0.39 is 18.4 Å². The third-order valence-electron chi connectivity index (χ3n) is 3.56. The Morgan fingerprint density at radius 1 is 1.14 bits per heavy atom. The zero-order chi connectivity index (χ0) is 20.7. The average molecular weight is 413 g/mol. The van der Waals surface area contributed by atoms with Gasteiger partial charge >= 0.3 is 6.61 Å². The molecule has 0 unspecified atom stereocenters. The van der Waals surface area contributed by atoms with Crippen molar-refractivity contribution in [3.05, 3.63) is 53.1 Å². The number of hydrogen-bond donors (Lipinski definition) is 1. The maximum Gasteiger partial charge on any atom is 0.387 e. The summed E-state index contributed by atoms with van der Waals surface area (Å²) < 4.78 is 34.6. The zero-order valence-corrected chi connectivity index (χ0v) is 16.0. The van der Waals surface area contributed by atoms with Gasteiger partial charge in [-0.05, 0) is 49.4 Å². The third kappa shape index (κ3) is 6.09. The van der Waals surface area contributed by atoms with Crippen molar-refractivity contribution >= 4 is 29.1 Å². The van der Waals surface area contributed by atoms with E-state index in [4.69, 9.17) is 16.3 Å². The number of likely N-dealkylation sites (N-methyl/N-ethyl adjacent to an activating group) is 1. The summed E-state index contributed by atoms with van der Waals surface area (Å²) in [6.45, 7) is -1.34. The van der Waals surface area contributed by atoms with Gasteiger partial charge in [0.05, 0.1) is 13.2 Å². The summed E-state index contributed by atoms with van der Waals surface area (Å²) in [7, 11) is 1.45. The van der Waals surface area contributed by atoms with Crippen LogP contribution in [0.5, 0.6) is 11.5 Å². The maximum atomic E-state index is 12.6. The molecule has 0 heterocycles. The van der Waals surface area contributed by atoms with E-state index in [9.17, 15) is 18.4 Å². The Morgan fingerprint density at radius 3 is 2.43 bits per heavy atom. The van der Waals surface area contributed by atoms with Crippen LogP contribution in [0.2, 0.25) is 5.02 Å². The molecule has 2 aromatic carbocycles. The van der Waals surface area contributed by atoms with Crippen molar-refractivity contribution in [3.63, 3.8) is 0 Å².